The molecule has 0 bridgehead atoms. The second-order valence-corrected chi connectivity index (χ2v) is 4.37. The molecule has 0 amide bonds. The van der Waals surface area contributed by atoms with Crippen LogP contribution < -0.4 is 0 Å². The summed E-state index contributed by atoms with van der Waals surface area (Å²) in [6.07, 6.45) is 4.36. The van der Waals surface area contributed by atoms with E-state index in [2.05, 4.69) is 22.1 Å². The van der Waals surface area contributed by atoms with Crippen LogP contribution in [0.4, 0.5) is 0 Å². The number of ether oxygens (including phenoxy) is 1. The highest BCUT2D eigenvalue weighted by Gasteiger charge is 2.18. The van der Waals surface area contributed by atoms with Crippen molar-refractivity contribution >= 4 is 11.8 Å². The first kappa shape index (κ1) is 10.6. The van der Waals surface area contributed by atoms with Crippen LogP contribution in [0.2, 0.25) is 0 Å². The average Bonchev–Trinajstić information content (AvgIpc) is 2.87. The smallest absolute Gasteiger partial charge is 0.209 e. The molecule has 2 heterocycles. The Labute approximate surface area is 92.9 Å². The molecular formula is C9H14N4OS. The van der Waals surface area contributed by atoms with Gasteiger partial charge >= 0.3 is 0 Å². The molecule has 0 unspecified atom stereocenters. The van der Waals surface area contributed by atoms with Crippen LogP contribution >= 0.6 is 11.8 Å². The van der Waals surface area contributed by atoms with E-state index in [0.29, 0.717) is 0 Å². The van der Waals surface area contributed by atoms with Crippen molar-refractivity contribution in [2.24, 2.45) is 0 Å². The first-order valence-electron chi connectivity index (χ1n) is 5.01. The molecule has 0 aromatic carbocycles. The summed E-state index contributed by atoms with van der Waals surface area (Å²) in [6.45, 7) is 5.29. The second kappa shape index (κ2) is 5.27. The van der Waals surface area contributed by atoms with Gasteiger partial charge in [-0.15, -0.1) is 11.7 Å². The maximum atomic E-state index is 5.54. The molecule has 0 aliphatic carbocycles. The van der Waals surface area contributed by atoms with Gasteiger partial charge in [0, 0.05) is 12.4 Å². The summed E-state index contributed by atoms with van der Waals surface area (Å²) in [5.41, 5.74) is 0. The molecule has 2 rings (SSSR count). The number of hydrogen-bond donors (Lipinski definition) is 0. The molecular weight excluding hydrogens is 212 g/mol. The van der Waals surface area contributed by atoms with Gasteiger partial charge in [0.25, 0.3) is 0 Å². The van der Waals surface area contributed by atoms with Crippen LogP contribution in [-0.2, 0) is 11.3 Å². The molecule has 1 atom stereocenters. The van der Waals surface area contributed by atoms with Crippen molar-refractivity contribution in [2.75, 3.05) is 12.4 Å². The predicted molar refractivity (Wildman–Crippen MR) is 57.7 cm³/mol. The van der Waals surface area contributed by atoms with Crippen LogP contribution in [0.5, 0.6) is 0 Å². The minimum absolute atomic E-state index is 0.275. The standard InChI is InChI=1S/C9H14N4OS/c1-2-6-15-9-10-11-12-13(9)7-8-4-3-5-14-8/h2,8H,1,3-7H2/t8-/m1/s1. The first-order chi connectivity index (χ1) is 7.40. The third kappa shape index (κ3) is 2.79. The van der Waals surface area contributed by atoms with Gasteiger partial charge in [-0.1, -0.05) is 17.8 Å². The highest BCUT2D eigenvalue weighted by Crippen LogP contribution is 2.18. The van der Waals surface area contributed by atoms with Crippen LogP contribution in [0.1, 0.15) is 12.8 Å². The molecule has 15 heavy (non-hydrogen) atoms. The van der Waals surface area contributed by atoms with Crippen LogP contribution in [0, 0.1) is 0 Å². The Kier molecular flexibility index (Phi) is 3.74. The van der Waals surface area contributed by atoms with Gasteiger partial charge in [0.15, 0.2) is 0 Å². The molecule has 0 saturated carbocycles. The van der Waals surface area contributed by atoms with Gasteiger partial charge in [0.2, 0.25) is 5.16 Å². The van der Waals surface area contributed by atoms with Crippen molar-refractivity contribution in [3.63, 3.8) is 0 Å². The van der Waals surface area contributed by atoms with Gasteiger partial charge in [-0.3, -0.25) is 0 Å². The second-order valence-electron chi connectivity index (χ2n) is 3.38. The van der Waals surface area contributed by atoms with Crippen LogP contribution in [0.3, 0.4) is 0 Å². The zero-order chi connectivity index (χ0) is 10.5. The lowest BCUT2D eigenvalue weighted by molar-refractivity contribution is 0.0912. The highest BCUT2D eigenvalue weighted by molar-refractivity contribution is 7.99. The Morgan fingerprint density at radius 2 is 2.60 bits per heavy atom. The predicted octanol–water partition coefficient (Wildman–Crippen LogP) is 1.13. The van der Waals surface area contributed by atoms with Crippen LogP contribution in [0.15, 0.2) is 17.8 Å². The van der Waals surface area contributed by atoms with Gasteiger partial charge < -0.3 is 4.74 Å². The molecule has 0 radical (unpaired) electrons. The first-order valence-corrected chi connectivity index (χ1v) is 6.00. The van der Waals surface area contributed by atoms with E-state index in [1.807, 2.05) is 10.8 Å². The van der Waals surface area contributed by atoms with E-state index >= 15 is 0 Å². The number of aromatic nitrogens is 4. The zero-order valence-corrected chi connectivity index (χ0v) is 9.32. The van der Waals surface area contributed by atoms with Crippen molar-refractivity contribution < 1.29 is 4.74 Å². The third-order valence-corrected chi connectivity index (χ3v) is 3.18. The van der Waals surface area contributed by atoms with E-state index in [1.54, 1.807) is 11.8 Å². The number of tetrazole rings is 1. The lowest BCUT2D eigenvalue weighted by Crippen LogP contribution is -2.16. The lowest BCUT2D eigenvalue weighted by atomic mass is 10.2. The van der Waals surface area contributed by atoms with Gasteiger partial charge in [0.05, 0.1) is 12.6 Å². The average molecular weight is 226 g/mol. The van der Waals surface area contributed by atoms with E-state index in [-0.39, 0.29) is 6.10 Å². The minimum Gasteiger partial charge on any atom is -0.376 e. The van der Waals surface area contributed by atoms with Crippen LogP contribution in [-0.4, -0.2) is 38.7 Å². The van der Waals surface area contributed by atoms with E-state index in [9.17, 15) is 0 Å². The SMILES string of the molecule is C=CCSc1nnnn1C[C@H]1CCCO1. The number of rotatable bonds is 5. The molecule has 1 fully saturated rings. The summed E-state index contributed by atoms with van der Waals surface area (Å²) in [6, 6.07) is 0. The maximum Gasteiger partial charge on any atom is 0.209 e. The Bertz CT molecular complexity index is 322. The maximum absolute atomic E-state index is 5.54. The molecule has 0 N–H and O–H groups in total. The summed E-state index contributed by atoms with van der Waals surface area (Å²) in [7, 11) is 0. The molecule has 0 spiro atoms. The van der Waals surface area contributed by atoms with Crippen molar-refractivity contribution in [3.05, 3.63) is 12.7 Å². The fourth-order valence-electron chi connectivity index (χ4n) is 1.53. The third-order valence-electron chi connectivity index (χ3n) is 2.23. The monoisotopic (exact) mass is 226 g/mol. The fourth-order valence-corrected chi connectivity index (χ4v) is 2.15. The molecule has 1 saturated heterocycles. The molecule has 1 aromatic rings. The Hall–Kier alpha value is -0.880. The van der Waals surface area contributed by atoms with Crippen molar-refractivity contribution in [2.45, 2.75) is 30.6 Å². The van der Waals surface area contributed by atoms with Crippen molar-refractivity contribution in [1.29, 1.82) is 0 Å². The molecule has 1 aliphatic heterocycles. The molecule has 5 nitrogen and oxygen atoms in total. The molecule has 82 valence electrons. The zero-order valence-electron chi connectivity index (χ0n) is 8.50. The van der Waals surface area contributed by atoms with Gasteiger partial charge in [0.1, 0.15) is 0 Å². The van der Waals surface area contributed by atoms with E-state index in [0.717, 1.165) is 36.9 Å². The number of nitrogens with zero attached hydrogens (tertiary/aromatic N) is 4. The quantitative estimate of drug-likeness (QED) is 0.556. The lowest BCUT2D eigenvalue weighted by Gasteiger charge is -2.09. The van der Waals surface area contributed by atoms with E-state index < -0.39 is 0 Å². The Morgan fingerprint density at radius 3 is 3.33 bits per heavy atom. The molecule has 1 aromatic heterocycles. The largest absolute Gasteiger partial charge is 0.376 e. The summed E-state index contributed by atoms with van der Waals surface area (Å²) < 4.78 is 7.35. The minimum atomic E-state index is 0.275. The number of hydrogen-bond acceptors (Lipinski definition) is 5. The Balaban J connectivity index is 1.94. The van der Waals surface area contributed by atoms with E-state index in [4.69, 9.17) is 4.74 Å². The van der Waals surface area contributed by atoms with Gasteiger partial charge in [-0.2, -0.15) is 0 Å². The van der Waals surface area contributed by atoms with Gasteiger partial charge in [-0.25, -0.2) is 4.68 Å². The van der Waals surface area contributed by atoms with Crippen LogP contribution in [0.25, 0.3) is 0 Å². The Morgan fingerprint density at radius 1 is 1.67 bits per heavy atom. The van der Waals surface area contributed by atoms with Crippen molar-refractivity contribution in [1.82, 2.24) is 20.2 Å². The summed E-state index contributed by atoms with van der Waals surface area (Å²) in [4.78, 5) is 0. The summed E-state index contributed by atoms with van der Waals surface area (Å²) >= 11 is 1.59. The fraction of sp³-hybridized carbons (Fsp3) is 0.667. The molecule has 1 aliphatic rings. The van der Waals surface area contributed by atoms with Crippen molar-refractivity contribution in [3.8, 4) is 0 Å². The summed E-state index contributed by atoms with van der Waals surface area (Å²) in [5.74, 6) is 0.825. The van der Waals surface area contributed by atoms with E-state index in [1.165, 1.54) is 0 Å². The highest BCUT2D eigenvalue weighted by atomic mass is 32.2. The summed E-state index contributed by atoms with van der Waals surface area (Å²) in [5, 5.41) is 12.4. The van der Waals surface area contributed by atoms with Gasteiger partial charge in [-0.05, 0) is 23.3 Å². The molecule has 6 heteroatoms. The topological polar surface area (TPSA) is 52.8 Å². The normalized spacial score (nSPS) is 20.7. The number of thioether (sulfide) groups is 1.